The number of hydrogen-bond acceptors (Lipinski definition) is 5. The van der Waals surface area contributed by atoms with Crippen LogP contribution in [0.4, 0.5) is 22.7 Å². The molecular weight excluding hydrogens is 651 g/mol. The number of anilines is 4. The Labute approximate surface area is 308 Å². The van der Waals surface area contributed by atoms with E-state index in [1.54, 1.807) is 0 Å². The second-order valence-electron chi connectivity index (χ2n) is 14.8. The molecular formula is C47H37N5O. The summed E-state index contributed by atoms with van der Waals surface area (Å²) in [6, 6.07) is 49.4. The van der Waals surface area contributed by atoms with Gasteiger partial charge in [0.25, 0.3) is 0 Å². The fraction of sp³-hybridized carbons (Fsp3) is 0.106. The molecule has 53 heavy (non-hydrogen) atoms. The summed E-state index contributed by atoms with van der Waals surface area (Å²) in [5.74, 6) is 2.43. The first-order valence-corrected chi connectivity index (χ1v) is 18.1. The van der Waals surface area contributed by atoms with Crippen LogP contribution in [-0.2, 0) is 5.41 Å². The zero-order valence-corrected chi connectivity index (χ0v) is 29.9. The molecule has 6 nitrogen and oxygen atoms in total. The average molecular weight is 688 g/mol. The second-order valence-corrected chi connectivity index (χ2v) is 14.8. The van der Waals surface area contributed by atoms with Crippen LogP contribution in [0.5, 0.6) is 11.5 Å². The van der Waals surface area contributed by atoms with Gasteiger partial charge in [-0.05, 0) is 93.2 Å². The Bertz CT molecular complexity index is 2870. The molecule has 1 aliphatic rings. The molecule has 0 atom stereocenters. The number of fused-ring (bicyclic) bond motifs is 7. The summed E-state index contributed by atoms with van der Waals surface area (Å²) >= 11 is 0. The Morgan fingerprint density at radius 2 is 1.28 bits per heavy atom. The third kappa shape index (κ3) is 5.25. The van der Waals surface area contributed by atoms with Crippen LogP contribution in [0.1, 0.15) is 26.3 Å². The molecule has 6 aromatic carbocycles. The zero-order valence-electron chi connectivity index (χ0n) is 29.9. The quantitative estimate of drug-likeness (QED) is 0.169. The molecule has 4 heterocycles. The maximum absolute atomic E-state index is 6.65. The lowest BCUT2D eigenvalue weighted by Gasteiger charge is -2.23. The number of hydrogen-bond donors (Lipinski definition) is 0. The normalized spacial score (nSPS) is 13.0. The van der Waals surface area contributed by atoms with Gasteiger partial charge in [0.05, 0.1) is 28.6 Å². The molecule has 0 N–H and O–H groups in total. The molecule has 1 aliphatic heterocycles. The van der Waals surface area contributed by atoms with Crippen LogP contribution in [0.25, 0.3) is 49.2 Å². The molecule has 0 radical (unpaired) electrons. The predicted molar refractivity (Wildman–Crippen MR) is 219 cm³/mol. The van der Waals surface area contributed by atoms with Gasteiger partial charge in [0, 0.05) is 46.7 Å². The summed E-state index contributed by atoms with van der Waals surface area (Å²) in [6.07, 6.45) is 5.74. The maximum atomic E-state index is 6.65. The van der Waals surface area contributed by atoms with E-state index in [-0.39, 0.29) is 5.41 Å². The summed E-state index contributed by atoms with van der Waals surface area (Å²) < 4.78 is 8.90. The molecule has 0 aliphatic carbocycles. The summed E-state index contributed by atoms with van der Waals surface area (Å²) in [5, 5.41) is 7.34. The van der Waals surface area contributed by atoms with Crippen molar-refractivity contribution < 1.29 is 4.74 Å². The van der Waals surface area contributed by atoms with E-state index in [1.165, 1.54) is 32.5 Å². The van der Waals surface area contributed by atoms with E-state index in [2.05, 4.69) is 174 Å². The van der Waals surface area contributed by atoms with E-state index in [0.29, 0.717) is 6.67 Å². The zero-order chi connectivity index (χ0) is 35.7. The van der Waals surface area contributed by atoms with Crippen LogP contribution in [0.15, 0.2) is 158 Å². The monoisotopic (exact) mass is 687 g/mol. The molecule has 10 rings (SSSR count). The summed E-state index contributed by atoms with van der Waals surface area (Å²) in [4.78, 5) is 14.0. The van der Waals surface area contributed by atoms with Crippen LogP contribution in [-0.4, -0.2) is 21.2 Å². The topological polar surface area (TPSA) is 46.4 Å². The lowest BCUT2D eigenvalue weighted by Crippen LogP contribution is -2.23. The van der Waals surface area contributed by atoms with Gasteiger partial charge in [-0.15, -0.1) is 0 Å². The van der Waals surface area contributed by atoms with Crippen molar-refractivity contribution in [1.29, 1.82) is 0 Å². The number of ether oxygens (including phenoxy) is 1. The molecule has 0 saturated carbocycles. The van der Waals surface area contributed by atoms with Crippen molar-refractivity contribution in [1.82, 2.24) is 14.5 Å². The highest BCUT2D eigenvalue weighted by Crippen LogP contribution is 2.45. The summed E-state index contributed by atoms with van der Waals surface area (Å²) in [6.45, 7) is 7.35. The summed E-state index contributed by atoms with van der Waals surface area (Å²) in [7, 11) is 0. The van der Waals surface area contributed by atoms with Gasteiger partial charge in [-0.3, -0.25) is 9.55 Å². The molecule has 0 bridgehead atoms. The number of pyridine rings is 2. The minimum absolute atomic E-state index is 0.00391. The molecule has 256 valence electrons. The molecule has 0 amide bonds. The van der Waals surface area contributed by atoms with Gasteiger partial charge in [0.15, 0.2) is 0 Å². The van der Waals surface area contributed by atoms with Gasteiger partial charge in [0.1, 0.15) is 24.0 Å². The van der Waals surface area contributed by atoms with E-state index in [9.17, 15) is 0 Å². The second kappa shape index (κ2) is 12.0. The fourth-order valence-corrected chi connectivity index (χ4v) is 7.84. The first-order valence-electron chi connectivity index (χ1n) is 18.1. The third-order valence-electron chi connectivity index (χ3n) is 10.5. The van der Waals surface area contributed by atoms with Crippen LogP contribution in [0.3, 0.4) is 0 Å². The first-order chi connectivity index (χ1) is 25.9. The number of para-hydroxylation sites is 1. The van der Waals surface area contributed by atoms with Crippen molar-refractivity contribution in [2.75, 3.05) is 16.5 Å². The van der Waals surface area contributed by atoms with Gasteiger partial charge in [-0.1, -0.05) is 87.5 Å². The minimum atomic E-state index is 0.00391. The van der Waals surface area contributed by atoms with Gasteiger partial charge in [-0.25, -0.2) is 4.98 Å². The molecule has 0 unspecified atom stereocenters. The fourth-order valence-electron chi connectivity index (χ4n) is 7.84. The molecule has 9 aromatic rings. The van der Waals surface area contributed by atoms with Gasteiger partial charge in [-0.2, -0.15) is 0 Å². The Hall–Kier alpha value is -6.66. The van der Waals surface area contributed by atoms with Gasteiger partial charge < -0.3 is 14.5 Å². The van der Waals surface area contributed by atoms with Crippen LogP contribution in [0, 0.1) is 0 Å². The van der Waals surface area contributed by atoms with E-state index in [1.807, 2.05) is 24.7 Å². The maximum Gasteiger partial charge on any atom is 0.137 e. The Balaban J connectivity index is 0.994. The molecule has 6 heteroatoms. The summed E-state index contributed by atoms with van der Waals surface area (Å²) in [5.41, 5.74) is 7.76. The van der Waals surface area contributed by atoms with Gasteiger partial charge in [0.2, 0.25) is 0 Å². The molecule has 0 spiro atoms. The van der Waals surface area contributed by atoms with Crippen molar-refractivity contribution in [2.45, 2.75) is 26.2 Å². The number of nitrogens with zero attached hydrogens (tertiary/aromatic N) is 5. The standard InChI is InChI=1S/C47H37N5O/c1-47(2,3)33-21-24-49-46(26-33)52-42-14-7-6-13-40(42)41-20-18-37(28-44(41)52)53-36-11-8-10-34(27-36)50-30-51(45-29-48-23-22-43(45)50)35-17-19-39-32(25-35)16-15-31-9-4-5-12-38(31)39/h4-29H,30H2,1-3H3. The lowest BCUT2D eigenvalue weighted by atomic mass is 9.88. The van der Waals surface area contributed by atoms with Crippen molar-refractivity contribution in [3.05, 3.63) is 164 Å². The Kier molecular flexibility index (Phi) is 7.02. The number of rotatable bonds is 5. The minimum Gasteiger partial charge on any atom is -0.457 e. The SMILES string of the molecule is CC(C)(C)c1ccnc(-n2c3ccccc3c3ccc(Oc4cccc(N5CN(c6ccc7c(ccc8ccccc87)c6)c6cnccc65)c4)cc32)c1. The highest BCUT2D eigenvalue weighted by molar-refractivity contribution is 6.10. The number of aromatic nitrogens is 3. The Morgan fingerprint density at radius 3 is 2.19 bits per heavy atom. The smallest absolute Gasteiger partial charge is 0.137 e. The predicted octanol–water partition coefficient (Wildman–Crippen LogP) is 12.2. The van der Waals surface area contributed by atoms with Crippen molar-refractivity contribution >= 4 is 66.1 Å². The molecule has 0 fully saturated rings. The van der Waals surface area contributed by atoms with Crippen LogP contribution in [0.2, 0.25) is 0 Å². The molecule has 3 aromatic heterocycles. The largest absolute Gasteiger partial charge is 0.457 e. The van der Waals surface area contributed by atoms with Gasteiger partial charge >= 0.3 is 0 Å². The first kappa shape index (κ1) is 31.1. The van der Waals surface area contributed by atoms with Crippen molar-refractivity contribution in [2.24, 2.45) is 0 Å². The van der Waals surface area contributed by atoms with Crippen LogP contribution >= 0.6 is 0 Å². The third-order valence-corrected chi connectivity index (χ3v) is 10.5. The molecule has 0 saturated heterocycles. The lowest BCUT2D eigenvalue weighted by molar-refractivity contribution is 0.483. The van der Waals surface area contributed by atoms with E-state index < -0.39 is 0 Å². The van der Waals surface area contributed by atoms with Crippen LogP contribution < -0.4 is 14.5 Å². The average Bonchev–Trinajstić information content (AvgIpc) is 3.74. The van der Waals surface area contributed by atoms with E-state index >= 15 is 0 Å². The highest BCUT2D eigenvalue weighted by Gasteiger charge is 2.29. The number of benzene rings is 6. The van der Waals surface area contributed by atoms with Crippen molar-refractivity contribution in [3.63, 3.8) is 0 Å². The van der Waals surface area contributed by atoms with E-state index in [0.717, 1.165) is 56.5 Å². The Morgan fingerprint density at radius 1 is 0.547 bits per heavy atom. The highest BCUT2D eigenvalue weighted by atomic mass is 16.5. The van der Waals surface area contributed by atoms with Crippen molar-refractivity contribution in [3.8, 4) is 17.3 Å². The van der Waals surface area contributed by atoms with E-state index in [4.69, 9.17) is 9.72 Å².